The normalized spacial score (nSPS) is 10.4. The van der Waals surface area contributed by atoms with Crippen LogP contribution in [0, 0.1) is 0 Å². The van der Waals surface area contributed by atoms with E-state index in [2.05, 4.69) is 10.3 Å². The number of amides is 1. The number of benzene rings is 2. The first-order chi connectivity index (χ1) is 13.2. The molecule has 0 aliphatic heterocycles. The van der Waals surface area contributed by atoms with Crippen LogP contribution in [0.1, 0.15) is 17.3 Å². The summed E-state index contributed by atoms with van der Waals surface area (Å²) in [5, 5.41) is 2.80. The van der Waals surface area contributed by atoms with Gasteiger partial charge < -0.3 is 10.1 Å². The van der Waals surface area contributed by atoms with E-state index in [0.29, 0.717) is 31.0 Å². The molecule has 1 N–H and O–H groups in total. The fraction of sp³-hybridized carbons (Fsp3) is 0.190. The zero-order chi connectivity index (χ0) is 19.1. The van der Waals surface area contributed by atoms with Crippen molar-refractivity contribution in [2.24, 2.45) is 0 Å². The zero-order valence-corrected chi connectivity index (χ0v) is 15.1. The summed E-state index contributed by atoms with van der Waals surface area (Å²) in [4.78, 5) is 28.7. The second-order valence-electron chi connectivity index (χ2n) is 5.89. The summed E-state index contributed by atoms with van der Waals surface area (Å²) in [5.74, 6) is 0.617. The van der Waals surface area contributed by atoms with Gasteiger partial charge in [0, 0.05) is 30.3 Å². The van der Waals surface area contributed by atoms with Gasteiger partial charge in [0.05, 0.1) is 18.6 Å². The van der Waals surface area contributed by atoms with Crippen LogP contribution >= 0.6 is 0 Å². The highest BCUT2D eigenvalue weighted by molar-refractivity contribution is 5.94. The summed E-state index contributed by atoms with van der Waals surface area (Å²) < 4.78 is 6.89. The molecular weight excluding hydrogens is 342 g/mol. The van der Waals surface area contributed by atoms with Crippen LogP contribution in [0.2, 0.25) is 0 Å². The van der Waals surface area contributed by atoms with Gasteiger partial charge in [-0.3, -0.25) is 14.2 Å². The molecule has 6 nitrogen and oxygen atoms in total. The summed E-state index contributed by atoms with van der Waals surface area (Å²) in [6.07, 6.45) is 1.50. The molecule has 27 heavy (non-hydrogen) atoms. The number of nitrogens with one attached hydrogen (secondary N) is 1. The number of hydrogen-bond acceptors (Lipinski definition) is 4. The Labute approximate surface area is 157 Å². The lowest BCUT2D eigenvalue weighted by Crippen LogP contribution is -2.30. The first-order valence-electron chi connectivity index (χ1n) is 8.80. The summed E-state index contributed by atoms with van der Waals surface area (Å²) in [5.41, 5.74) is 1.88. The van der Waals surface area contributed by atoms with E-state index in [9.17, 15) is 9.59 Å². The highest BCUT2D eigenvalue weighted by Gasteiger charge is 2.06. The average molecular weight is 363 g/mol. The van der Waals surface area contributed by atoms with Crippen molar-refractivity contribution in [1.82, 2.24) is 14.9 Å². The van der Waals surface area contributed by atoms with Gasteiger partial charge in [-0.15, -0.1) is 0 Å². The van der Waals surface area contributed by atoms with Crippen LogP contribution in [-0.4, -0.2) is 28.6 Å². The molecule has 1 amide bonds. The lowest BCUT2D eigenvalue weighted by Gasteiger charge is -2.09. The largest absolute Gasteiger partial charge is 0.494 e. The van der Waals surface area contributed by atoms with Crippen molar-refractivity contribution >= 4 is 5.91 Å². The predicted molar refractivity (Wildman–Crippen MR) is 104 cm³/mol. The number of aromatic nitrogens is 2. The van der Waals surface area contributed by atoms with Gasteiger partial charge in [-0.05, 0) is 43.3 Å². The zero-order valence-electron chi connectivity index (χ0n) is 15.1. The van der Waals surface area contributed by atoms with Gasteiger partial charge in [0.25, 0.3) is 11.5 Å². The van der Waals surface area contributed by atoms with Crippen molar-refractivity contribution in [3.05, 3.63) is 82.9 Å². The van der Waals surface area contributed by atoms with E-state index >= 15 is 0 Å². The number of nitrogens with zero attached hydrogens (tertiary/aromatic N) is 2. The van der Waals surface area contributed by atoms with Crippen LogP contribution in [-0.2, 0) is 6.54 Å². The molecule has 1 aromatic heterocycles. The molecule has 1 heterocycles. The Hall–Kier alpha value is -3.41. The molecule has 0 aliphatic rings. The van der Waals surface area contributed by atoms with E-state index in [1.54, 1.807) is 12.1 Å². The van der Waals surface area contributed by atoms with Crippen molar-refractivity contribution < 1.29 is 9.53 Å². The minimum Gasteiger partial charge on any atom is -0.494 e. The standard InChI is InChI=1S/C21H21N3O3/c1-2-27-18-10-8-16(9-11-18)19-14-20(25)24(15-23-19)13-12-22-21(26)17-6-4-3-5-7-17/h3-11,14-15H,2,12-13H2,1H3,(H,22,26). The summed E-state index contributed by atoms with van der Waals surface area (Å²) in [7, 11) is 0. The minimum atomic E-state index is -0.164. The van der Waals surface area contributed by atoms with E-state index in [4.69, 9.17) is 4.74 Å². The van der Waals surface area contributed by atoms with Crippen LogP contribution < -0.4 is 15.6 Å². The quantitative estimate of drug-likeness (QED) is 0.700. The Kier molecular flexibility index (Phi) is 5.99. The maximum absolute atomic E-state index is 12.3. The molecule has 0 fully saturated rings. The van der Waals surface area contributed by atoms with Crippen LogP contribution in [0.15, 0.2) is 71.8 Å². The third-order valence-electron chi connectivity index (χ3n) is 4.01. The highest BCUT2D eigenvalue weighted by Crippen LogP contribution is 2.19. The molecule has 0 bridgehead atoms. The number of carbonyl (C=O) groups excluding carboxylic acids is 1. The Balaban J connectivity index is 1.61. The number of carbonyl (C=O) groups is 1. The van der Waals surface area contributed by atoms with Crippen LogP contribution in [0.25, 0.3) is 11.3 Å². The fourth-order valence-electron chi connectivity index (χ4n) is 2.62. The number of hydrogen-bond donors (Lipinski definition) is 1. The van der Waals surface area contributed by atoms with E-state index < -0.39 is 0 Å². The maximum atomic E-state index is 12.3. The Morgan fingerprint density at radius 3 is 2.52 bits per heavy atom. The van der Waals surface area contributed by atoms with Crippen LogP contribution in [0.4, 0.5) is 0 Å². The minimum absolute atomic E-state index is 0.164. The first-order valence-corrected chi connectivity index (χ1v) is 8.80. The molecule has 138 valence electrons. The Morgan fingerprint density at radius 2 is 1.85 bits per heavy atom. The average Bonchev–Trinajstić information content (AvgIpc) is 2.70. The van der Waals surface area contributed by atoms with Gasteiger partial charge in [0.1, 0.15) is 5.75 Å². The Bertz CT molecular complexity index is 950. The predicted octanol–water partition coefficient (Wildman–Crippen LogP) is 2.74. The van der Waals surface area contributed by atoms with Gasteiger partial charge in [0.2, 0.25) is 0 Å². The van der Waals surface area contributed by atoms with Gasteiger partial charge in [-0.2, -0.15) is 0 Å². The summed E-state index contributed by atoms with van der Waals surface area (Å²) in [6, 6.07) is 17.9. The van der Waals surface area contributed by atoms with E-state index in [0.717, 1.165) is 11.3 Å². The maximum Gasteiger partial charge on any atom is 0.253 e. The molecule has 0 spiro atoms. The second kappa shape index (κ2) is 8.80. The molecule has 0 unspecified atom stereocenters. The van der Waals surface area contributed by atoms with Gasteiger partial charge >= 0.3 is 0 Å². The molecule has 2 aromatic carbocycles. The SMILES string of the molecule is CCOc1ccc(-c2cc(=O)n(CCNC(=O)c3ccccc3)cn2)cc1. The highest BCUT2D eigenvalue weighted by atomic mass is 16.5. The molecule has 0 radical (unpaired) electrons. The van der Waals surface area contributed by atoms with E-state index in [1.807, 2.05) is 49.4 Å². The topological polar surface area (TPSA) is 73.2 Å². The molecule has 0 atom stereocenters. The second-order valence-corrected chi connectivity index (χ2v) is 5.89. The molecule has 3 rings (SSSR count). The van der Waals surface area contributed by atoms with Gasteiger partial charge in [0.15, 0.2) is 0 Å². The number of ether oxygens (including phenoxy) is 1. The van der Waals surface area contributed by atoms with Gasteiger partial charge in [-0.25, -0.2) is 4.98 Å². The lowest BCUT2D eigenvalue weighted by molar-refractivity contribution is 0.0952. The van der Waals surface area contributed by atoms with Crippen LogP contribution in [0.5, 0.6) is 5.75 Å². The number of rotatable bonds is 7. The lowest BCUT2D eigenvalue weighted by atomic mass is 10.1. The third-order valence-corrected chi connectivity index (χ3v) is 4.01. The monoisotopic (exact) mass is 363 g/mol. The van der Waals surface area contributed by atoms with E-state index in [1.165, 1.54) is 17.0 Å². The molecule has 0 saturated carbocycles. The van der Waals surface area contributed by atoms with Crippen molar-refractivity contribution in [2.75, 3.05) is 13.2 Å². The molecule has 0 saturated heterocycles. The smallest absolute Gasteiger partial charge is 0.253 e. The summed E-state index contributed by atoms with van der Waals surface area (Å²) >= 11 is 0. The Morgan fingerprint density at radius 1 is 1.11 bits per heavy atom. The van der Waals surface area contributed by atoms with Gasteiger partial charge in [-0.1, -0.05) is 18.2 Å². The molecule has 0 aliphatic carbocycles. The summed E-state index contributed by atoms with van der Waals surface area (Å²) in [6.45, 7) is 3.23. The van der Waals surface area contributed by atoms with Crippen molar-refractivity contribution in [3.63, 3.8) is 0 Å². The third kappa shape index (κ3) is 4.82. The molecular formula is C21H21N3O3. The fourth-order valence-corrected chi connectivity index (χ4v) is 2.62. The van der Waals surface area contributed by atoms with E-state index in [-0.39, 0.29) is 11.5 Å². The molecule has 6 heteroatoms. The van der Waals surface area contributed by atoms with Crippen molar-refractivity contribution in [3.8, 4) is 17.0 Å². The first kappa shape index (κ1) is 18.4. The molecule has 3 aromatic rings. The van der Waals surface area contributed by atoms with Crippen molar-refractivity contribution in [2.45, 2.75) is 13.5 Å². The van der Waals surface area contributed by atoms with Crippen molar-refractivity contribution in [1.29, 1.82) is 0 Å². The van der Waals surface area contributed by atoms with Crippen LogP contribution in [0.3, 0.4) is 0 Å².